The van der Waals surface area contributed by atoms with Crippen LogP contribution in [-0.4, -0.2) is 40.8 Å². The SMILES string of the molecule is Cc1ccc(N(C(=O)c2ccco2)C2CCN(Cc3ccccc3NC(=O)CC3CCCCC3)CC2)nc1. The molecule has 5 rings (SSSR count). The number of nitrogens with zero attached hydrogens (tertiary/aromatic N) is 3. The maximum atomic E-state index is 13.4. The Morgan fingerprint density at radius 1 is 1.00 bits per heavy atom. The van der Waals surface area contributed by atoms with Crippen molar-refractivity contribution >= 4 is 23.3 Å². The first-order valence-electron chi connectivity index (χ1n) is 14.0. The van der Waals surface area contributed by atoms with Crippen molar-refractivity contribution < 1.29 is 14.0 Å². The molecule has 1 aromatic carbocycles. The average Bonchev–Trinajstić information content (AvgIpc) is 3.48. The highest BCUT2D eigenvalue weighted by atomic mass is 16.3. The molecule has 3 aromatic rings. The number of aryl methyl sites for hydroxylation is 1. The Morgan fingerprint density at radius 3 is 2.50 bits per heavy atom. The van der Waals surface area contributed by atoms with Gasteiger partial charge in [0.15, 0.2) is 5.76 Å². The summed E-state index contributed by atoms with van der Waals surface area (Å²) >= 11 is 0. The van der Waals surface area contributed by atoms with Gasteiger partial charge in [-0.1, -0.05) is 43.5 Å². The second kappa shape index (κ2) is 12.4. The van der Waals surface area contributed by atoms with Crippen LogP contribution in [0, 0.1) is 12.8 Å². The number of anilines is 2. The molecular weight excluding hydrogens is 476 g/mol. The molecule has 0 spiro atoms. The van der Waals surface area contributed by atoms with Crippen LogP contribution in [0.25, 0.3) is 0 Å². The Hall–Kier alpha value is -3.45. The summed E-state index contributed by atoms with van der Waals surface area (Å²) in [4.78, 5) is 34.9. The summed E-state index contributed by atoms with van der Waals surface area (Å²) in [5.41, 5.74) is 3.10. The minimum Gasteiger partial charge on any atom is -0.459 e. The quantitative estimate of drug-likeness (QED) is 0.387. The molecule has 2 aliphatic rings. The number of nitrogens with one attached hydrogen (secondary N) is 1. The van der Waals surface area contributed by atoms with Crippen LogP contribution < -0.4 is 10.2 Å². The van der Waals surface area contributed by atoms with E-state index in [9.17, 15) is 9.59 Å². The number of furan rings is 1. The number of benzene rings is 1. The van der Waals surface area contributed by atoms with Crippen LogP contribution in [0.5, 0.6) is 0 Å². The number of amides is 2. The molecule has 1 N–H and O–H groups in total. The van der Waals surface area contributed by atoms with E-state index in [1.165, 1.54) is 38.4 Å². The normalized spacial score (nSPS) is 17.3. The van der Waals surface area contributed by atoms with Crippen molar-refractivity contribution in [2.75, 3.05) is 23.3 Å². The lowest BCUT2D eigenvalue weighted by Crippen LogP contribution is -2.47. The summed E-state index contributed by atoms with van der Waals surface area (Å²) < 4.78 is 5.44. The molecule has 2 fully saturated rings. The number of hydrogen-bond donors (Lipinski definition) is 1. The monoisotopic (exact) mass is 514 g/mol. The van der Waals surface area contributed by atoms with Gasteiger partial charge in [-0.25, -0.2) is 4.98 Å². The average molecular weight is 515 g/mol. The zero-order valence-electron chi connectivity index (χ0n) is 22.3. The van der Waals surface area contributed by atoms with E-state index in [1.54, 1.807) is 23.2 Å². The van der Waals surface area contributed by atoms with Crippen molar-refractivity contribution in [2.24, 2.45) is 5.92 Å². The first kappa shape index (κ1) is 26.2. The molecule has 0 radical (unpaired) electrons. The molecule has 1 aliphatic carbocycles. The van der Waals surface area contributed by atoms with E-state index >= 15 is 0 Å². The third kappa shape index (κ3) is 6.51. The van der Waals surface area contributed by atoms with Gasteiger partial charge in [0.2, 0.25) is 5.91 Å². The van der Waals surface area contributed by atoms with Gasteiger partial charge in [0.05, 0.1) is 6.26 Å². The second-order valence-electron chi connectivity index (χ2n) is 10.8. The smallest absolute Gasteiger partial charge is 0.295 e. The standard InChI is InChI=1S/C31H38N4O3/c1-23-13-14-29(32-21-23)35(31(37)28-12-7-19-38-28)26-15-17-34(18-16-26)22-25-10-5-6-11-27(25)33-30(36)20-24-8-3-2-4-9-24/h5-7,10-14,19,21,24,26H,2-4,8-9,15-18,20,22H2,1H3,(H,33,36). The van der Waals surface area contributed by atoms with E-state index in [-0.39, 0.29) is 17.9 Å². The predicted octanol–water partition coefficient (Wildman–Crippen LogP) is 6.20. The van der Waals surface area contributed by atoms with Gasteiger partial charge < -0.3 is 9.73 Å². The number of para-hydroxylation sites is 1. The zero-order chi connectivity index (χ0) is 26.3. The van der Waals surface area contributed by atoms with Crippen LogP contribution in [0.3, 0.4) is 0 Å². The Kier molecular flexibility index (Phi) is 8.54. The maximum Gasteiger partial charge on any atom is 0.295 e. The van der Waals surface area contributed by atoms with Crippen LogP contribution in [0.15, 0.2) is 65.4 Å². The molecular formula is C31H38N4O3. The molecule has 2 amide bonds. The van der Waals surface area contributed by atoms with Gasteiger partial charge in [0.1, 0.15) is 5.82 Å². The highest BCUT2D eigenvalue weighted by Gasteiger charge is 2.32. The van der Waals surface area contributed by atoms with E-state index in [0.717, 1.165) is 49.3 Å². The third-order valence-corrected chi connectivity index (χ3v) is 7.90. The molecule has 1 saturated heterocycles. The lowest BCUT2D eigenvalue weighted by atomic mass is 9.87. The summed E-state index contributed by atoms with van der Waals surface area (Å²) in [5, 5.41) is 3.19. The topological polar surface area (TPSA) is 78.7 Å². The third-order valence-electron chi connectivity index (χ3n) is 7.90. The number of hydrogen-bond acceptors (Lipinski definition) is 5. The number of rotatable bonds is 8. The molecule has 200 valence electrons. The highest BCUT2D eigenvalue weighted by molar-refractivity contribution is 6.04. The first-order chi connectivity index (χ1) is 18.6. The van der Waals surface area contributed by atoms with Crippen LogP contribution in [0.4, 0.5) is 11.5 Å². The fourth-order valence-electron chi connectivity index (χ4n) is 5.79. The van der Waals surface area contributed by atoms with Gasteiger partial charge in [0, 0.05) is 44.0 Å². The van der Waals surface area contributed by atoms with Gasteiger partial charge in [-0.15, -0.1) is 0 Å². The molecule has 1 aliphatic heterocycles. The molecule has 0 atom stereocenters. The summed E-state index contributed by atoms with van der Waals surface area (Å²) in [7, 11) is 0. The zero-order valence-corrected chi connectivity index (χ0v) is 22.3. The number of likely N-dealkylation sites (tertiary alicyclic amines) is 1. The van der Waals surface area contributed by atoms with E-state index < -0.39 is 0 Å². The molecule has 2 aromatic heterocycles. The van der Waals surface area contributed by atoms with Crippen molar-refractivity contribution in [3.63, 3.8) is 0 Å². The Morgan fingerprint density at radius 2 is 1.79 bits per heavy atom. The largest absolute Gasteiger partial charge is 0.459 e. The molecule has 0 unspecified atom stereocenters. The van der Waals surface area contributed by atoms with Crippen LogP contribution in [-0.2, 0) is 11.3 Å². The van der Waals surface area contributed by atoms with E-state index in [4.69, 9.17) is 4.42 Å². The number of pyridine rings is 1. The molecule has 3 heterocycles. The maximum absolute atomic E-state index is 13.4. The fourth-order valence-corrected chi connectivity index (χ4v) is 5.79. The minimum absolute atomic E-state index is 0.0319. The van der Waals surface area contributed by atoms with Gasteiger partial charge in [-0.2, -0.15) is 0 Å². The Bertz CT molecular complexity index is 1190. The molecule has 1 saturated carbocycles. The lowest BCUT2D eigenvalue weighted by molar-refractivity contribution is -0.117. The van der Waals surface area contributed by atoms with Gasteiger partial charge in [0.25, 0.3) is 5.91 Å². The predicted molar refractivity (Wildman–Crippen MR) is 149 cm³/mol. The van der Waals surface area contributed by atoms with Crippen molar-refractivity contribution in [1.29, 1.82) is 0 Å². The highest BCUT2D eigenvalue weighted by Crippen LogP contribution is 2.29. The summed E-state index contributed by atoms with van der Waals surface area (Å²) in [6.45, 7) is 4.46. The molecule has 0 bridgehead atoms. The van der Waals surface area contributed by atoms with Gasteiger partial charge in [-0.05, 0) is 73.9 Å². The number of aromatic nitrogens is 1. The van der Waals surface area contributed by atoms with Crippen LogP contribution in [0.2, 0.25) is 0 Å². The van der Waals surface area contributed by atoms with Crippen LogP contribution in [0.1, 0.15) is 73.0 Å². The second-order valence-corrected chi connectivity index (χ2v) is 10.8. The van der Waals surface area contributed by atoms with E-state index in [2.05, 4.69) is 21.3 Å². The van der Waals surface area contributed by atoms with Gasteiger partial charge >= 0.3 is 0 Å². The summed E-state index contributed by atoms with van der Waals surface area (Å²) in [5.74, 6) is 1.47. The number of carbonyl (C=O) groups excluding carboxylic acids is 2. The molecule has 38 heavy (non-hydrogen) atoms. The number of carbonyl (C=O) groups is 2. The van der Waals surface area contributed by atoms with Crippen molar-refractivity contribution in [3.05, 3.63) is 77.9 Å². The van der Waals surface area contributed by atoms with E-state index in [1.807, 2.05) is 37.3 Å². The van der Waals surface area contributed by atoms with Crippen molar-refractivity contribution in [1.82, 2.24) is 9.88 Å². The fraction of sp³-hybridized carbons (Fsp3) is 0.452. The van der Waals surface area contributed by atoms with E-state index in [0.29, 0.717) is 23.9 Å². The lowest BCUT2D eigenvalue weighted by Gasteiger charge is -2.38. The van der Waals surface area contributed by atoms with Crippen LogP contribution >= 0.6 is 0 Å². The molecule has 7 nitrogen and oxygen atoms in total. The first-order valence-corrected chi connectivity index (χ1v) is 14.0. The molecule has 7 heteroatoms. The Labute approximate surface area is 225 Å². The summed E-state index contributed by atoms with van der Waals surface area (Å²) in [6, 6.07) is 15.5. The number of piperidine rings is 1. The summed E-state index contributed by atoms with van der Waals surface area (Å²) in [6.07, 6.45) is 11.7. The minimum atomic E-state index is -0.157. The van der Waals surface area contributed by atoms with Crippen molar-refractivity contribution in [2.45, 2.75) is 70.9 Å². The Balaban J connectivity index is 1.22. The van der Waals surface area contributed by atoms with Crippen molar-refractivity contribution in [3.8, 4) is 0 Å². The van der Waals surface area contributed by atoms with Gasteiger partial charge in [-0.3, -0.25) is 19.4 Å².